The Labute approximate surface area is 178 Å². The lowest BCUT2D eigenvalue weighted by Gasteiger charge is -2.40. The largest absolute Gasteiger partial charge is 0.387 e. The Morgan fingerprint density at radius 2 is 1.67 bits per heavy atom. The van der Waals surface area contributed by atoms with Crippen molar-refractivity contribution in [2.24, 2.45) is 35.1 Å². The molecule has 5 N–H and O–H groups in total. The van der Waals surface area contributed by atoms with Crippen LogP contribution in [0.4, 0.5) is 4.39 Å². The minimum atomic E-state index is -0.905. The minimum Gasteiger partial charge on any atom is -0.387 e. The second-order valence-corrected chi connectivity index (χ2v) is 10.0. The molecule has 7 nitrogen and oxygen atoms in total. The van der Waals surface area contributed by atoms with E-state index in [2.05, 4.69) is 4.90 Å². The number of hydrogen-bond acceptors (Lipinski definition) is 4. The number of rotatable bonds is 5. The van der Waals surface area contributed by atoms with E-state index in [1.807, 2.05) is 0 Å². The number of halogens is 1. The van der Waals surface area contributed by atoms with E-state index in [4.69, 9.17) is 16.9 Å². The van der Waals surface area contributed by atoms with Gasteiger partial charge in [0.25, 0.3) is 0 Å². The summed E-state index contributed by atoms with van der Waals surface area (Å²) in [7, 11) is 0. The molecule has 2 amide bonds. The smallest absolute Gasteiger partial charge is 0.240 e. The molecule has 2 saturated carbocycles. The Bertz CT molecular complexity index is 680. The van der Waals surface area contributed by atoms with Crippen molar-refractivity contribution in [2.45, 2.75) is 76.0 Å². The van der Waals surface area contributed by atoms with Crippen molar-refractivity contribution in [3.8, 4) is 0 Å². The molecule has 0 aromatic rings. The minimum absolute atomic E-state index is 0.0205. The summed E-state index contributed by atoms with van der Waals surface area (Å²) in [6, 6.07) is 0.0733. The molecule has 0 spiro atoms. The van der Waals surface area contributed by atoms with Crippen molar-refractivity contribution in [3.05, 3.63) is 0 Å². The van der Waals surface area contributed by atoms with Gasteiger partial charge in [0.05, 0.1) is 18.4 Å². The second kappa shape index (κ2) is 8.81. The first kappa shape index (κ1) is 21.5. The number of primary amides is 1. The number of nitrogens with one attached hydrogen (secondary N) is 1. The van der Waals surface area contributed by atoms with Gasteiger partial charge in [-0.2, -0.15) is 0 Å². The number of likely N-dealkylation sites (tertiary alicyclic amines) is 2. The Morgan fingerprint density at radius 3 is 2.27 bits per heavy atom. The number of carbonyl (C=O) groups is 2. The average Bonchev–Trinajstić information content (AvgIpc) is 3.31. The molecule has 4 rings (SSSR count). The fourth-order valence-electron chi connectivity index (χ4n) is 6.39. The third-order valence-corrected chi connectivity index (χ3v) is 8.19. The van der Waals surface area contributed by atoms with Gasteiger partial charge in [0.15, 0.2) is 0 Å². The molecule has 0 bridgehead atoms. The van der Waals surface area contributed by atoms with Crippen LogP contribution in [0.3, 0.4) is 0 Å². The number of hydrogen-bond donors (Lipinski definition) is 3. The molecular weight excluding hydrogens is 385 g/mol. The third-order valence-electron chi connectivity index (χ3n) is 8.19. The van der Waals surface area contributed by atoms with Crippen LogP contribution in [0.5, 0.6) is 0 Å². The van der Waals surface area contributed by atoms with Gasteiger partial charge in [-0.05, 0) is 69.6 Å². The Balaban J connectivity index is 1.48. The van der Waals surface area contributed by atoms with Crippen molar-refractivity contribution in [2.75, 3.05) is 19.6 Å². The van der Waals surface area contributed by atoms with Crippen LogP contribution in [0, 0.1) is 29.1 Å². The molecule has 168 valence electrons. The van der Waals surface area contributed by atoms with E-state index in [0.717, 1.165) is 57.9 Å². The van der Waals surface area contributed by atoms with E-state index in [1.54, 1.807) is 4.90 Å². The van der Waals surface area contributed by atoms with Crippen LogP contribution in [0.25, 0.3) is 0 Å². The number of nitrogens with two attached hydrogens (primary N) is 2. The third kappa shape index (κ3) is 4.34. The normalized spacial score (nSPS) is 39.6. The average molecular weight is 422 g/mol. The number of carbonyl (C=O) groups excluding carboxylic acids is 2. The van der Waals surface area contributed by atoms with Crippen molar-refractivity contribution in [3.63, 3.8) is 0 Å². The standard InChI is InChI=1S/C22H36FN5O2/c23-17-7-8-27(12-17)22(30)19-9-15-5-6-16(20(24)25)10-18(15)28(19)11-13-1-3-14(4-2-13)21(26)29/h13-19H,1-12H2,(H3,24,25)(H2,26,29)/t13?,14?,15?,16?,17-,18?,19?/m0/s1. The summed E-state index contributed by atoms with van der Waals surface area (Å²) in [6.07, 6.45) is 6.68. The van der Waals surface area contributed by atoms with Gasteiger partial charge in [0.2, 0.25) is 11.8 Å². The Kier molecular flexibility index (Phi) is 6.32. The summed E-state index contributed by atoms with van der Waals surface area (Å²) >= 11 is 0. The molecule has 8 heteroatoms. The summed E-state index contributed by atoms with van der Waals surface area (Å²) in [5, 5.41) is 7.91. The molecule has 0 radical (unpaired) electrons. The molecule has 2 heterocycles. The molecule has 4 aliphatic rings. The highest BCUT2D eigenvalue weighted by molar-refractivity contribution is 5.83. The van der Waals surface area contributed by atoms with Crippen molar-refractivity contribution in [1.82, 2.24) is 9.80 Å². The number of nitrogens with zero attached hydrogens (tertiary/aromatic N) is 2. The number of alkyl halides is 1. The summed E-state index contributed by atoms with van der Waals surface area (Å²) in [5.74, 6) is 1.09. The first-order chi connectivity index (χ1) is 14.3. The molecule has 2 aliphatic heterocycles. The Morgan fingerprint density at radius 1 is 0.967 bits per heavy atom. The quantitative estimate of drug-likeness (QED) is 0.462. The Hall–Kier alpha value is -1.70. The highest BCUT2D eigenvalue weighted by Gasteiger charge is 2.49. The van der Waals surface area contributed by atoms with E-state index < -0.39 is 6.17 Å². The van der Waals surface area contributed by atoms with Gasteiger partial charge >= 0.3 is 0 Å². The summed E-state index contributed by atoms with van der Waals surface area (Å²) < 4.78 is 13.7. The zero-order valence-electron chi connectivity index (χ0n) is 17.8. The van der Waals surface area contributed by atoms with Crippen LogP contribution >= 0.6 is 0 Å². The van der Waals surface area contributed by atoms with Gasteiger partial charge in [-0.15, -0.1) is 0 Å². The zero-order chi connectivity index (χ0) is 21.4. The molecule has 4 fully saturated rings. The van der Waals surface area contributed by atoms with Crippen LogP contribution in [0.1, 0.15) is 57.8 Å². The fraction of sp³-hybridized carbons (Fsp3) is 0.864. The van der Waals surface area contributed by atoms with E-state index in [1.165, 1.54) is 0 Å². The van der Waals surface area contributed by atoms with Crippen molar-refractivity contribution >= 4 is 17.6 Å². The maximum atomic E-state index is 13.7. The fourth-order valence-corrected chi connectivity index (χ4v) is 6.39. The first-order valence-electron chi connectivity index (χ1n) is 11.6. The lowest BCUT2D eigenvalue weighted by Crippen LogP contribution is -2.50. The maximum Gasteiger partial charge on any atom is 0.240 e. The van der Waals surface area contributed by atoms with Crippen LogP contribution in [-0.2, 0) is 9.59 Å². The van der Waals surface area contributed by atoms with Crippen LogP contribution in [0.15, 0.2) is 0 Å². The summed E-state index contributed by atoms with van der Waals surface area (Å²) in [5.41, 5.74) is 11.3. The SMILES string of the molecule is N=C(N)C1CCC2CC(C(=O)N3CC[C@H](F)C3)N(CC3CCC(C(N)=O)CC3)C2C1. The van der Waals surface area contributed by atoms with E-state index >= 15 is 0 Å². The van der Waals surface area contributed by atoms with Crippen LogP contribution in [-0.4, -0.2) is 65.3 Å². The monoisotopic (exact) mass is 421 g/mol. The zero-order valence-corrected chi connectivity index (χ0v) is 17.8. The molecule has 4 unspecified atom stereocenters. The molecule has 0 aromatic heterocycles. The molecule has 2 saturated heterocycles. The molecule has 5 atom stereocenters. The number of amides is 2. The van der Waals surface area contributed by atoms with Gasteiger partial charge in [-0.3, -0.25) is 19.9 Å². The highest BCUT2D eigenvalue weighted by Crippen LogP contribution is 2.44. The van der Waals surface area contributed by atoms with Crippen molar-refractivity contribution < 1.29 is 14.0 Å². The predicted molar refractivity (Wildman–Crippen MR) is 112 cm³/mol. The maximum absolute atomic E-state index is 13.7. The summed E-state index contributed by atoms with van der Waals surface area (Å²) in [4.78, 5) is 28.9. The van der Waals surface area contributed by atoms with Gasteiger partial charge in [-0.1, -0.05) is 0 Å². The first-order valence-corrected chi connectivity index (χ1v) is 11.6. The van der Waals surface area contributed by atoms with Crippen LogP contribution in [0.2, 0.25) is 0 Å². The topological polar surface area (TPSA) is 117 Å². The summed E-state index contributed by atoms with van der Waals surface area (Å²) in [6.45, 7) is 1.57. The lowest BCUT2D eigenvalue weighted by molar-refractivity contribution is -0.136. The van der Waals surface area contributed by atoms with Crippen LogP contribution < -0.4 is 11.5 Å². The van der Waals surface area contributed by atoms with Crippen molar-refractivity contribution in [1.29, 1.82) is 5.41 Å². The van der Waals surface area contributed by atoms with Gasteiger partial charge < -0.3 is 16.4 Å². The second-order valence-electron chi connectivity index (χ2n) is 10.0. The molecular formula is C22H36FN5O2. The molecule has 2 aliphatic carbocycles. The van der Waals surface area contributed by atoms with Gasteiger partial charge in [-0.25, -0.2) is 4.39 Å². The van der Waals surface area contributed by atoms with Gasteiger partial charge in [0.1, 0.15) is 6.17 Å². The van der Waals surface area contributed by atoms with Gasteiger partial charge in [0, 0.05) is 31.0 Å². The van der Waals surface area contributed by atoms with E-state index in [9.17, 15) is 14.0 Å². The number of amidine groups is 1. The van der Waals surface area contributed by atoms with E-state index in [-0.39, 0.29) is 48.1 Å². The lowest BCUT2D eigenvalue weighted by atomic mass is 9.77. The number of fused-ring (bicyclic) bond motifs is 1. The van der Waals surface area contributed by atoms with E-state index in [0.29, 0.717) is 24.8 Å². The highest BCUT2D eigenvalue weighted by atomic mass is 19.1. The molecule has 30 heavy (non-hydrogen) atoms. The predicted octanol–water partition coefficient (Wildman–Crippen LogP) is 1.64. The molecule has 0 aromatic carbocycles.